The lowest BCUT2D eigenvalue weighted by Crippen LogP contribution is -2.28. The Morgan fingerprint density at radius 2 is 1.70 bits per heavy atom. The van der Waals surface area contributed by atoms with Gasteiger partial charge < -0.3 is 9.64 Å². The third-order valence-corrected chi connectivity index (χ3v) is 6.09. The van der Waals surface area contributed by atoms with Crippen LogP contribution in [0.25, 0.3) is 10.8 Å². The highest BCUT2D eigenvalue weighted by Gasteiger charge is 2.38. The summed E-state index contributed by atoms with van der Waals surface area (Å²) in [5.41, 5.74) is 2.41. The second kappa shape index (κ2) is 8.31. The first kappa shape index (κ1) is 22.5. The van der Waals surface area contributed by atoms with E-state index < -0.39 is 12.6 Å². The minimum atomic E-state index is -0.741. The predicted octanol–water partition coefficient (Wildman–Crippen LogP) is 4.01. The second-order valence-corrected chi connectivity index (χ2v) is 9.01. The minimum Gasteiger partial charge on any atom is -0.453 e. The molecule has 0 amide bonds. The molecule has 170 valence electrons. The molecule has 0 aliphatic carbocycles. The predicted molar refractivity (Wildman–Crippen MR) is 128 cm³/mol. The highest BCUT2D eigenvalue weighted by atomic mass is 16.5. The van der Waals surface area contributed by atoms with Gasteiger partial charge in [0.15, 0.2) is 18.1 Å². The van der Waals surface area contributed by atoms with E-state index in [-0.39, 0.29) is 28.5 Å². The number of hydrogen-bond acceptors (Lipinski definition) is 6. The average molecular weight is 446 g/mol. The van der Waals surface area contributed by atoms with E-state index in [9.17, 15) is 14.4 Å². The largest absolute Gasteiger partial charge is 0.453 e. The summed E-state index contributed by atoms with van der Waals surface area (Å²) in [6, 6.07) is 14.5. The maximum atomic E-state index is 12.9. The van der Waals surface area contributed by atoms with Crippen LogP contribution in [0.1, 0.15) is 49.8 Å². The summed E-state index contributed by atoms with van der Waals surface area (Å²) < 4.78 is 6.59. The quantitative estimate of drug-likeness (QED) is 0.436. The van der Waals surface area contributed by atoms with Gasteiger partial charge in [0.05, 0.1) is 11.4 Å². The molecule has 33 heavy (non-hydrogen) atoms. The van der Waals surface area contributed by atoms with E-state index in [2.05, 4.69) is 25.0 Å². The number of ketones is 1. The first-order valence-corrected chi connectivity index (χ1v) is 10.9. The smallest absolute Gasteiger partial charge is 0.359 e. The van der Waals surface area contributed by atoms with Gasteiger partial charge in [-0.05, 0) is 31.5 Å². The van der Waals surface area contributed by atoms with Gasteiger partial charge in [-0.2, -0.15) is 5.10 Å². The summed E-state index contributed by atoms with van der Waals surface area (Å²) >= 11 is 0. The molecule has 1 aromatic heterocycles. The lowest BCUT2D eigenvalue weighted by Gasteiger charge is -2.23. The molecule has 1 aliphatic heterocycles. The Kier molecular flexibility index (Phi) is 5.66. The van der Waals surface area contributed by atoms with Crippen LogP contribution < -0.4 is 10.5 Å². The van der Waals surface area contributed by atoms with Gasteiger partial charge in [0.2, 0.25) is 0 Å². The number of likely N-dealkylation sites (N-methyl/N-ethyl adjacent to an activating group) is 1. The number of ether oxygens (including phenoxy) is 1. The number of rotatable bonds is 5. The molecule has 3 aromatic rings. The zero-order chi connectivity index (χ0) is 23.9. The highest BCUT2D eigenvalue weighted by Crippen LogP contribution is 2.46. The van der Waals surface area contributed by atoms with Crippen molar-refractivity contribution in [2.75, 3.05) is 18.6 Å². The number of carbonyl (C=O) groups excluding carboxylic acids is 2. The van der Waals surface area contributed by atoms with Gasteiger partial charge in [0.25, 0.3) is 5.56 Å². The fourth-order valence-electron chi connectivity index (χ4n) is 4.37. The summed E-state index contributed by atoms with van der Waals surface area (Å²) in [7, 11) is 1.92. The molecule has 4 rings (SSSR count). The lowest BCUT2D eigenvalue weighted by atomic mass is 9.83. The Hall–Kier alpha value is -3.74. The van der Waals surface area contributed by atoms with E-state index in [0.29, 0.717) is 10.8 Å². The van der Waals surface area contributed by atoms with Crippen LogP contribution in [0.2, 0.25) is 0 Å². The monoisotopic (exact) mass is 445 g/mol. The van der Waals surface area contributed by atoms with Crippen molar-refractivity contribution >= 4 is 28.2 Å². The van der Waals surface area contributed by atoms with Crippen molar-refractivity contribution < 1.29 is 14.3 Å². The van der Waals surface area contributed by atoms with Gasteiger partial charge in [-0.1, -0.05) is 50.2 Å². The van der Waals surface area contributed by atoms with Gasteiger partial charge in [0.1, 0.15) is 0 Å². The zero-order valence-corrected chi connectivity index (χ0v) is 19.5. The van der Waals surface area contributed by atoms with E-state index in [1.165, 1.54) is 10.8 Å². The number of fused-ring (bicyclic) bond motifs is 2. The van der Waals surface area contributed by atoms with Crippen molar-refractivity contribution in [3.05, 3.63) is 81.9 Å². The SMILES string of the molecule is CC(C)n1nc(C(=O)OCC(=O)C=C2N(C)c3ccccc3C2(C)C)c2ccccc2c1=O. The van der Waals surface area contributed by atoms with Crippen LogP contribution in [0.15, 0.2) is 65.1 Å². The van der Waals surface area contributed by atoms with Crippen molar-refractivity contribution in [2.24, 2.45) is 0 Å². The van der Waals surface area contributed by atoms with Crippen molar-refractivity contribution in [1.29, 1.82) is 0 Å². The average Bonchev–Trinajstić information content (AvgIpc) is 2.98. The van der Waals surface area contributed by atoms with Crippen molar-refractivity contribution in [1.82, 2.24) is 9.78 Å². The maximum Gasteiger partial charge on any atom is 0.359 e. The number of esters is 1. The Morgan fingerprint density at radius 3 is 2.36 bits per heavy atom. The Balaban J connectivity index is 1.58. The number of hydrogen-bond donors (Lipinski definition) is 0. The number of carbonyl (C=O) groups is 2. The van der Waals surface area contributed by atoms with Crippen LogP contribution in [-0.4, -0.2) is 35.2 Å². The molecule has 0 unspecified atom stereocenters. The van der Waals surface area contributed by atoms with Gasteiger partial charge in [-0.25, -0.2) is 9.48 Å². The molecule has 2 heterocycles. The highest BCUT2D eigenvalue weighted by molar-refractivity contribution is 6.03. The number of benzene rings is 2. The minimum absolute atomic E-state index is 0.0186. The molecule has 0 radical (unpaired) electrons. The number of anilines is 1. The molecule has 2 aromatic carbocycles. The number of para-hydroxylation sites is 1. The third kappa shape index (κ3) is 3.84. The molecule has 0 saturated carbocycles. The fourth-order valence-corrected chi connectivity index (χ4v) is 4.37. The topological polar surface area (TPSA) is 81.5 Å². The van der Waals surface area contributed by atoms with Crippen LogP contribution in [0, 0.1) is 0 Å². The van der Waals surface area contributed by atoms with E-state index in [4.69, 9.17) is 4.74 Å². The van der Waals surface area contributed by atoms with Gasteiger partial charge in [0, 0.05) is 35.3 Å². The van der Waals surface area contributed by atoms with Gasteiger partial charge in [-0.15, -0.1) is 0 Å². The van der Waals surface area contributed by atoms with Gasteiger partial charge >= 0.3 is 5.97 Å². The van der Waals surface area contributed by atoms with E-state index in [1.807, 2.05) is 44.0 Å². The zero-order valence-electron chi connectivity index (χ0n) is 19.5. The van der Waals surface area contributed by atoms with Crippen LogP contribution in [-0.2, 0) is 14.9 Å². The molecule has 7 nitrogen and oxygen atoms in total. The Labute approximate surface area is 192 Å². The molecule has 0 atom stereocenters. The molecular formula is C26H27N3O4. The van der Waals surface area contributed by atoms with Crippen LogP contribution in [0.5, 0.6) is 0 Å². The fraction of sp³-hybridized carbons (Fsp3) is 0.308. The summed E-state index contributed by atoms with van der Waals surface area (Å²) in [6.45, 7) is 7.33. The van der Waals surface area contributed by atoms with E-state index in [1.54, 1.807) is 24.3 Å². The number of allylic oxidation sites excluding steroid dienone is 1. The molecule has 1 aliphatic rings. The summed E-state index contributed by atoms with van der Waals surface area (Å²) in [6.07, 6.45) is 1.54. The van der Waals surface area contributed by atoms with Gasteiger partial charge in [-0.3, -0.25) is 9.59 Å². The number of nitrogens with zero attached hydrogens (tertiary/aromatic N) is 3. The number of aromatic nitrogens is 2. The van der Waals surface area contributed by atoms with Crippen LogP contribution in [0.3, 0.4) is 0 Å². The van der Waals surface area contributed by atoms with Crippen molar-refractivity contribution in [3.8, 4) is 0 Å². The molecule has 0 N–H and O–H groups in total. The molecule has 0 saturated heterocycles. The Bertz CT molecular complexity index is 1350. The molecule has 0 bridgehead atoms. The Morgan fingerprint density at radius 1 is 1.06 bits per heavy atom. The van der Waals surface area contributed by atoms with Crippen LogP contribution in [0.4, 0.5) is 5.69 Å². The lowest BCUT2D eigenvalue weighted by molar-refractivity contribution is -0.117. The molecular weight excluding hydrogens is 418 g/mol. The van der Waals surface area contributed by atoms with Crippen molar-refractivity contribution in [3.63, 3.8) is 0 Å². The maximum absolute atomic E-state index is 12.9. The molecule has 7 heteroatoms. The van der Waals surface area contributed by atoms with E-state index >= 15 is 0 Å². The third-order valence-electron chi connectivity index (χ3n) is 6.09. The van der Waals surface area contributed by atoms with Crippen LogP contribution >= 0.6 is 0 Å². The molecule has 0 spiro atoms. The van der Waals surface area contributed by atoms with Crippen molar-refractivity contribution in [2.45, 2.75) is 39.2 Å². The second-order valence-electron chi connectivity index (χ2n) is 9.01. The summed E-state index contributed by atoms with van der Waals surface area (Å²) in [5.74, 6) is -1.07. The van der Waals surface area contributed by atoms with E-state index in [0.717, 1.165) is 16.9 Å². The standard InChI is InChI=1S/C26H27N3O4/c1-16(2)29-24(31)19-11-7-6-10-18(19)23(27-29)25(32)33-15-17(30)14-22-26(3,4)20-12-8-9-13-21(20)28(22)5/h6-14,16H,15H2,1-5H3. The first-order valence-electron chi connectivity index (χ1n) is 10.9. The first-order chi connectivity index (χ1) is 15.6. The molecule has 0 fully saturated rings. The summed E-state index contributed by atoms with van der Waals surface area (Å²) in [5, 5.41) is 5.03. The normalized spacial score (nSPS) is 15.8. The summed E-state index contributed by atoms with van der Waals surface area (Å²) in [4.78, 5) is 40.3.